The van der Waals surface area contributed by atoms with E-state index in [-0.39, 0.29) is 0 Å². The second-order valence-electron chi connectivity index (χ2n) is 3.12. The van der Waals surface area contributed by atoms with Crippen LogP contribution < -0.4 is 10.1 Å². The average Bonchev–Trinajstić information content (AvgIpc) is 2.21. The molecule has 0 spiro atoms. The molecule has 2 N–H and O–H groups in total. The summed E-state index contributed by atoms with van der Waals surface area (Å²) in [5, 5.41) is 11.6. The van der Waals surface area contributed by atoms with Crippen LogP contribution in [0.5, 0.6) is 5.75 Å². The molecule has 15 heavy (non-hydrogen) atoms. The Kier molecular flexibility index (Phi) is 4.12. The lowest BCUT2D eigenvalue weighted by molar-refractivity contribution is -0.123. The summed E-state index contributed by atoms with van der Waals surface area (Å²) < 4.78 is 5.25. The summed E-state index contributed by atoms with van der Waals surface area (Å²) in [6.45, 7) is 3.94. The van der Waals surface area contributed by atoms with Crippen LogP contribution >= 0.6 is 0 Å². The Bertz CT molecular complexity index is 319. The van der Waals surface area contributed by atoms with Gasteiger partial charge >= 0.3 is 0 Å². The van der Waals surface area contributed by atoms with Crippen molar-refractivity contribution in [1.82, 2.24) is 0 Å². The SMILES string of the molecule is CCOc1ccc(NC(=O)[C@@H](C)O)cc1. The van der Waals surface area contributed by atoms with E-state index in [0.29, 0.717) is 12.3 Å². The lowest BCUT2D eigenvalue weighted by Gasteiger charge is -2.08. The van der Waals surface area contributed by atoms with E-state index in [1.807, 2.05) is 6.92 Å². The molecule has 1 amide bonds. The van der Waals surface area contributed by atoms with E-state index in [2.05, 4.69) is 5.32 Å². The maximum atomic E-state index is 11.1. The molecule has 0 saturated carbocycles. The molecule has 1 aromatic carbocycles. The Hall–Kier alpha value is -1.55. The van der Waals surface area contributed by atoms with E-state index >= 15 is 0 Å². The van der Waals surface area contributed by atoms with E-state index in [4.69, 9.17) is 9.84 Å². The van der Waals surface area contributed by atoms with Gasteiger partial charge < -0.3 is 15.2 Å². The van der Waals surface area contributed by atoms with Crippen molar-refractivity contribution in [2.45, 2.75) is 20.0 Å². The first-order valence-electron chi connectivity index (χ1n) is 4.85. The van der Waals surface area contributed by atoms with Crippen molar-refractivity contribution in [3.8, 4) is 5.75 Å². The van der Waals surface area contributed by atoms with Gasteiger partial charge in [0.1, 0.15) is 11.9 Å². The number of anilines is 1. The van der Waals surface area contributed by atoms with Crippen LogP contribution in [0.3, 0.4) is 0 Å². The third-order valence-electron chi connectivity index (χ3n) is 1.81. The number of carbonyl (C=O) groups is 1. The second-order valence-corrected chi connectivity index (χ2v) is 3.12. The molecule has 4 nitrogen and oxygen atoms in total. The third kappa shape index (κ3) is 3.59. The molecule has 1 rings (SSSR count). The largest absolute Gasteiger partial charge is 0.494 e. The van der Waals surface area contributed by atoms with Crippen LogP contribution in [-0.2, 0) is 4.79 Å². The van der Waals surface area contributed by atoms with Crippen LogP contribution in [0.15, 0.2) is 24.3 Å². The maximum absolute atomic E-state index is 11.1. The molecular formula is C11H15NO3. The lowest BCUT2D eigenvalue weighted by Crippen LogP contribution is -2.24. The fourth-order valence-corrected chi connectivity index (χ4v) is 1.05. The van der Waals surface area contributed by atoms with Gasteiger partial charge in [0, 0.05) is 5.69 Å². The molecule has 0 aromatic heterocycles. The fourth-order valence-electron chi connectivity index (χ4n) is 1.05. The summed E-state index contributed by atoms with van der Waals surface area (Å²) in [6, 6.07) is 6.98. The molecule has 0 fully saturated rings. The summed E-state index contributed by atoms with van der Waals surface area (Å²) in [5.74, 6) is 0.340. The van der Waals surface area contributed by atoms with Crippen molar-refractivity contribution in [3.63, 3.8) is 0 Å². The van der Waals surface area contributed by atoms with Crippen LogP contribution in [0, 0.1) is 0 Å². The highest BCUT2D eigenvalue weighted by atomic mass is 16.5. The van der Waals surface area contributed by atoms with Crippen molar-refractivity contribution in [1.29, 1.82) is 0 Å². The maximum Gasteiger partial charge on any atom is 0.252 e. The smallest absolute Gasteiger partial charge is 0.252 e. The number of hydrogen-bond acceptors (Lipinski definition) is 3. The molecule has 0 heterocycles. The fraction of sp³-hybridized carbons (Fsp3) is 0.364. The van der Waals surface area contributed by atoms with E-state index in [0.717, 1.165) is 5.75 Å². The van der Waals surface area contributed by atoms with Gasteiger partial charge in [0.25, 0.3) is 5.91 Å². The molecule has 0 aliphatic carbocycles. The van der Waals surface area contributed by atoms with Gasteiger partial charge in [-0.3, -0.25) is 4.79 Å². The van der Waals surface area contributed by atoms with Crippen LogP contribution in [0.25, 0.3) is 0 Å². The lowest BCUT2D eigenvalue weighted by atomic mass is 10.3. The Morgan fingerprint density at radius 3 is 2.53 bits per heavy atom. The van der Waals surface area contributed by atoms with Gasteiger partial charge in [-0.2, -0.15) is 0 Å². The van der Waals surface area contributed by atoms with Crippen molar-refractivity contribution in [2.75, 3.05) is 11.9 Å². The number of ether oxygens (including phenoxy) is 1. The highest BCUT2D eigenvalue weighted by Crippen LogP contribution is 2.15. The molecule has 0 unspecified atom stereocenters. The predicted molar refractivity (Wildman–Crippen MR) is 57.9 cm³/mol. The minimum absolute atomic E-state index is 0.417. The molecule has 0 bridgehead atoms. The van der Waals surface area contributed by atoms with Crippen LogP contribution in [0.2, 0.25) is 0 Å². The molecule has 4 heteroatoms. The Morgan fingerprint density at radius 1 is 1.47 bits per heavy atom. The highest BCUT2D eigenvalue weighted by Gasteiger charge is 2.08. The van der Waals surface area contributed by atoms with Gasteiger partial charge in [0.2, 0.25) is 0 Å². The van der Waals surface area contributed by atoms with E-state index in [1.54, 1.807) is 24.3 Å². The number of aliphatic hydroxyl groups excluding tert-OH is 1. The molecule has 0 radical (unpaired) electrons. The first-order chi connectivity index (χ1) is 7.13. The number of rotatable bonds is 4. The van der Waals surface area contributed by atoms with Crippen molar-refractivity contribution in [2.24, 2.45) is 0 Å². The highest BCUT2D eigenvalue weighted by molar-refractivity contribution is 5.93. The van der Waals surface area contributed by atoms with Crippen LogP contribution in [0.1, 0.15) is 13.8 Å². The van der Waals surface area contributed by atoms with Crippen LogP contribution in [-0.4, -0.2) is 23.7 Å². The molecule has 1 aromatic rings. The molecule has 82 valence electrons. The standard InChI is InChI=1S/C11H15NO3/c1-3-15-10-6-4-9(5-7-10)12-11(14)8(2)13/h4-8,13H,3H2,1-2H3,(H,12,14)/t8-/m1/s1. The van der Waals surface area contributed by atoms with Gasteiger partial charge in [-0.15, -0.1) is 0 Å². The van der Waals surface area contributed by atoms with Crippen molar-refractivity contribution >= 4 is 11.6 Å². The first kappa shape index (κ1) is 11.5. The number of carbonyl (C=O) groups excluding carboxylic acids is 1. The Morgan fingerprint density at radius 2 is 2.07 bits per heavy atom. The third-order valence-corrected chi connectivity index (χ3v) is 1.81. The monoisotopic (exact) mass is 209 g/mol. The van der Waals surface area contributed by atoms with E-state index < -0.39 is 12.0 Å². The summed E-state index contributed by atoms with van der Waals surface area (Å²) in [7, 11) is 0. The summed E-state index contributed by atoms with van der Waals surface area (Å²) in [4.78, 5) is 11.1. The molecule has 0 aliphatic rings. The van der Waals surface area contributed by atoms with Gasteiger partial charge in [0.15, 0.2) is 0 Å². The number of aliphatic hydroxyl groups is 1. The van der Waals surface area contributed by atoms with Gasteiger partial charge in [0.05, 0.1) is 6.61 Å². The average molecular weight is 209 g/mol. The zero-order valence-corrected chi connectivity index (χ0v) is 8.86. The minimum Gasteiger partial charge on any atom is -0.494 e. The van der Waals surface area contributed by atoms with E-state index in [1.165, 1.54) is 6.92 Å². The molecule has 0 saturated heterocycles. The van der Waals surface area contributed by atoms with Gasteiger partial charge in [-0.25, -0.2) is 0 Å². The minimum atomic E-state index is -1.00. The number of benzene rings is 1. The quantitative estimate of drug-likeness (QED) is 0.788. The zero-order chi connectivity index (χ0) is 11.3. The normalized spacial score (nSPS) is 11.9. The summed E-state index contributed by atoms with van der Waals surface area (Å²) in [5.41, 5.74) is 0.643. The van der Waals surface area contributed by atoms with Gasteiger partial charge in [-0.1, -0.05) is 0 Å². The van der Waals surface area contributed by atoms with Crippen LogP contribution in [0.4, 0.5) is 5.69 Å². The molecular weight excluding hydrogens is 194 g/mol. The zero-order valence-electron chi connectivity index (χ0n) is 8.86. The first-order valence-corrected chi connectivity index (χ1v) is 4.85. The predicted octanol–water partition coefficient (Wildman–Crippen LogP) is 1.40. The Labute approximate surface area is 88.9 Å². The van der Waals surface area contributed by atoms with E-state index in [9.17, 15) is 4.79 Å². The summed E-state index contributed by atoms with van der Waals surface area (Å²) >= 11 is 0. The van der Waals surface area contributed by atoms with Gasteiger partial charge in [-0.05, 0) is 38.1 Å². The van der Waals surface area contributed by atoms with Crippen molar-refractivity contribution < 1.29 is 14.6 Å². The Balaban J connectivity index is 2.60. The molecule has 1 atom stereocenters. The number of hydrogen-bond donors (Lipinski definition) is 2. The summed E-state index contributed by atoms with van der Waals surface area (Å²) in [6.07, 6.45) is -1.00. The molecule has 0 aliphatic heterocycles. The number of amides is 1. The topological polar surface area (TPSA) is 58.6 Å². The number of nitrogens with one attached hydrogen (secondary N) is 1. The van der Waals surface area contributed by atoms with Crippen molar-refractivity contribution in [3.05, 3.63) is 24.3 Å². The second kappa shape index (κ2) is 5.36.